The van der Waals surface area contributed by atoms with Crippen molar-refractivity contribution in [2.24, 2.45) is 0 Å². The molecule has 0 fully saturated rings. The first-order valence-corrected chi connectivity index (χ1v) is 9.54. The Kier molecular flexibility index (Phi) is 5.20. The van der Waals surface area contributed by atoms with Crippen LogP contribution in [0.15, 0.2) is 68.9 Å². The molecule has 1 heterocycles. The van der Waals surface area contributed by atoms with Crippen molar-refractivity contribution in [3.05, 3.63) is 68.9 Å². The van der Waals surface area contributed by atoms with Crippen LogP contribution in [-0.4, -0.2) is 17.2 Å². The molecule has 2 aromatic rings. The first kappa shape index (κ1) is 18.0. The van der Waals surface area contributed by atoms with Crippen molar-refractivity contribution < 1.29 is 9.90 Å². The molecule has 0 amide bonds. The second-order valence-electron chi connectivity index (χ2n) is 5.79. The second kappa shape index (κ2) is 7.22. The molecule has 0 saturated carbocycles. The van der Waals surface area contributed by atoms with E-state index in [-0.39, 0.29) is 0 Å². The van der Waals surface area contributed by atoms with Crippen LogP contribution in [0.25, 0.3) is 0 Å². The van der Waals surface area contributed by atoms with E-state index in [2.05, 4.69) is 38.8 Å². The van der Waals surface area contributed by atoms with Crippen LogP contribution in [0.4, 0.5) is 11.4 Å². The molecule has 25 heavy (non-hydrogen) atoms. The molecular formula is C19H18Br2N2O2. The summed E-state index contributed by atoms with van der Waals surface area (Å²) in [7, 11) is 0. The number of carboxylic acids is 1. The molecule has 1 N–H and O–H groups in total. The molecule has 0 aromatic heterocycles. The van der Waals surface area contributed by atoms with E-state index in [0.717, 1.165) is 38.1 Å². The Bertz CT molecular complexity index is 816. The highest BCUT2D eigenvalue weighted by Crippen LogP contribution is 2.39. The first-order chi connectivity index (χ1) is 11.9. The maximum absolute atomic E-state index is 12.2. The highest BCUT2D eigenvalue weighted by Gasteiger charge is 2.41. The molecule has 1 unspecified atom stereocenters. The zero-order valence-corrected chi connectivity index (χ0v) is 17.1. The van der Waals surface area contributed by atoms with E-state index in [0.29, 0.717) is 0 Å². The van der Waals surface area contributed by atoms with Crippen LogP contribution in [0.1, 0.15) is 20.3 Å². The van der Waals surface area contributed by atoms with Gasteiger partial charge < -0.3 is 14.9 Å². The van der Waals surface area contributed by atoms with E-state index < -0.39 is 12.1 Å². The Morgan fingerprint density at radius 3 is 1.80 bits per heavy atom. The Balaban J connectivity index is 2.13. The van der Waals surface area contributed by atoms with E-state index in [1.54, 1.807) is 0 Å². The molecule has 2 aromatic carbocycles. The number of rotatable bonds is 4. The van der Waals surface area contributed by atoms with Gasteiger partial charge in [0, 0.05) is 31.7 Å². The fraction of sp³-hybridized carbons (Fsp3) is 0.211. The molecular weight excluding hydrogens is 448 g/mol. The lowest BCUT2D eigenvalue weighted by Crippen LogP contribution is -2.46. The number of allylic oxidation sites excluding steroid dienone is 2. The minimum Gasteiger partial charge on any atom is -0.478 e. The summed E-state index contributed by atoms with van der Waals surface area (Å²) in [5, 5.41) is 9.99. The fourth-order valence-corrected chi connectivity index (χ4v) is 3.77. The molecule has 1 atom stereocenters. The lowest BCUT2D eigenvalue weighted by molar-refractivity contribution is -0.138. The third-order valence-corrected chi connectivity index (χ3v) is 5.38. The number of anilines is 2. The van der Waals surface area contributed by atoms with Gasteiger partial charge in [-0.15, -0.1) is 0 Å². The summed E-state index contributed by atoms with van der Waals surface area (Å²) in [6.45, 7) is 4.03. The van der Waals surface area contributed by atoms with Crippen molar-refractivity contribution in [1.29, 1.82) is 0 Å². The summed E-state index contributed by atoms with van der Waals surface area (Å²) in [5.41, 5.74) is 3.70. The molecule has 1 aliphatic heterocycles. The number of halogens is 2. The van der Waals surface area contributed by atoms with Gasteiger partial charge in [-0.05, 0) is 61.9 Å². The molecule has 1 aliphatic rings. The summed E-state index contributed by atoms with van der Waals surface area (Å²) in [6.07, 6.45) is -0.0593. The van der Waals surface area contributed by atoms with E-state index in [1.807, 2.05) is 65.3 Å². The van der Waals surface area contributed by atoms with E-state index >= 15 is 0 Å². The van der Waals surface area contributed by atoms with Gasteiger partial charge in [0.05, 0.1) is 0 Å². The van der Waals surface area contributed by atoms with E-state index in [9.17, 15) is 9.90 Å². The second-order valence-corrected chi connectivity index (χ2v) is 7.62. The standard InChI is InChI=1S/C19H18Br2N2O2/c1-3-17-12(2)22(15-8-4-13(20)5-9-15)18(19(24)25)23(17)16-10-6-14(21)7-11-16/h4-11,18H,3H2,1-2H3,(H,24,25). The molecule has 0 aliphatic carbocycles. The number of hydrogen-bond acceptors (Lipinski definition) is 3. The minimum atomic E-state index is -0.881. The van der Waals surface area contributed by atoms with Crippen LogP contribution in [0, 0.1) is 0 Å². The number of nitrogens with zero attached hydrogens (tertiary/aromatic N) is 2. The molecule has 4 nitrogen and oxygen atoms in total. The molecule has 3 rings (SSSR count). The highest BCUT2D eigenvalue weighted by atomic mass is 79.9. The summed E-state index contributed by atoms with van der Waals surface area (Å²) in [4.78, 5) is 16.0. The summed E-state index contributed by atoms with van der Waals surface area (Å²) in [5.74, 6) is -0.881. The van der Waals surface area contributed by atoms with Gasteiger partial charge in [0.15, 0.2) is 0 Å². The van der Waals surface area contributed by atoms with Crippen molar-refractivity contribution in [1.82, 2.24) is 0 Å². The Labute approximate surface area is 164 Å². The number of carboxylic acid groups (broad SMARTS) is 1. The van der Waals surface area contributed by atoms with Crippen molar-refractivity contribution in [2.45, 2.75) is 26.4 Å². The Morgan fingerprint density at radius 2 is 1.40 bits per heavy atom. The van der Waals surface area contributed by atoms with E-state index in [4.69, 9.17) is 0 Å². The zero-order chi connectivity index (χ0) is 18.1. The lowest BCUT2D eigenvalue weighted by atomic mass is 10.2. The average Bonchev–Trinajstić information content (AvgIpc) is 2.89. The number of aliphatic carboxylic acids is 1. The normalized spacial score (nSPS) is 17.4. The molecule has 6 heteroatoms. The summed E-state index contributed by atoms with van der Waals surface area (Å²) < 4.78 is 1.93. The van der Waals surface area contributed by atoms with Gasteiger partial charge in [-0.3, -0.25) is 0 Å². The molecule has 0 spiro atoms. The van der Waals surface area contributed by atoms with Crippen molar-refractivity contribution in [3.8, 4) is 0 Å². The van der Waals surface area contributed by atoms with Crippen LogP contribution in [0.2, 0.25) is 0 Å². The SMILES string of the molecule is CCC1=C(C)N(c2ccc(Br)cc2)C(C(=O)O)N1c1ccc(Br)cc1. The number of benzene rings is 2. The third kappa shape index (κ3) is 3.33. The minimum absolute atomic E-state index is 0.749. The molecule has 0 saturated heterocycles. The van der Waals surface area contributed by atoms with Crippen molar-refractivity contribution in [2.75, 3.05) is 9.80 Å². The van der Waals surface area contributed by atoms with Gasteiger partial charge in [-0.2, -0.15) is 0 Å². The third-order valence-electron chi connectivity index (χ3n) is 4.32. The smallest absolute Gasteiger partial charge is 0.348 e. The first-order valence-electron chi connectivity index (χ1n) is 7.96. The van der Waals surface area contributed by atoms with Gasteiger partial charge in [-0.25, -0.2) is 4.79 Å². The molecule has 130 valence electrons. The molecule has 0 bridgehead atoms. The highest BCUT2D eigenvalue weighted by molar-refractivity contribution is 9.10. The van der Waals surface area contributed by atoms with Crippen LogP contribution >= 0.6 is 31.9 Å². The Hall–Kier alpha value is -1.79. The van der Waals surface area contributed by atoms with E-state index in [1.165, 1.54) is 0 Å². The van der Waals surface area contributed by atoms with Crippen LogP contribution in [0.5, 0.6) is 0 Å². The topological polar surface area (TPSA) is 43.8 Å². The van der Waals surface area contributed by atoms with Crippen molar-refractivity contribution in [3.63, 3.8) is 0 Å². The van der Waals surface area contributed by atoms with Gasteiger partial charge >= 0.3 is 5.97 Å². The van der Waals surface area contributed by atoms with Crippen LogP contribution in [0.3, 0.4) is 0 Å². The van der Waals surface area contributed by atoms with Gasteiger partial charge in [0.1, 0.15) is 0 Å². The number of carbonyl (C=O) groups is 1. The average molecular weight is 466 g/mol. The van der Waals surface area contributed by atoms with Gasteiger partial charge in [0.25, 0.3) is 0 Å². The largest absolute Gasteiger partial charge is 0.478 e. The summed E-state index contributed by atoms with van der Waals surface area (Å²) in [6, 6.07) is 15.5. The molecule has 0 radical (unpaired) electrons. The maximum Gasteiger partial charge on any atom is 0.348 e. The van der Waals surface area contributed by atoms with Crippen LogP contribution < -0.4 is 9.80 Å². The van der Waals surface area contributed by atoms with Gasteiger partial charge in [-0.1, -0.05) is 38.8 Å². The predicted octanol–water partition coefficient (Wildman–Crippen LogP) is 5.59. The lowest BCUT2D eigenvalue weighted by Gasteiger charge is -2.31. The Morgan fingerprint density at radius 1 is 0.960 bits per heavy atom. The number of hydrogen-bond donors (Lipinski definition) is 1. The monoisotopic (exact) mass is 464 g/mol. The van der Waals surface area contributed by atoms with Crippen LogP contribution in [-0.2, 0) is 4.79 Å². The van der Waals surface area contributed by atoms with Gasteiger partial charge in [0.2, 0.25) is 6.17 Å². The maximum atomic E-state index is 12.2. The quantitative estimate of drug-likeness (QED) is 0.639. The zero-order valence-electron chi connectivity index (χ0n) is 13.9. The van der Waals surface area contributed by atoms with Crippen molar-refractivity contribution >= 4 is 49.2 Å². The summed E-state index contributed by atoms with van der Waals surface area (Å²) >= 11 is 6.87. The predicted molar refractivity (Wildman–Crippen MR) is 108 cm³/mol. The fourth-order valence-electron chi connectivity index (χ4n) is 3.24.